The first-order valence-corrected chi connectivity index (χ1v) is 11.6. The molecule has 3 heterocycles. The van der Waals surface area contributed by atoms with Crippen molar-refractivity contribution in [2.75, 3.05) is 43.4 Å². The van der Waals surface area contributed by atoms with Crippen molar-refractivity contribution in [1.29, 1.82) is 0 Å². The molecule has 11 heteroatoms. The lowest BCUT2D eigenvalue weighted by atomic mass is 10.1. The molecule has 1 fully saturated rings. The molecule has 1 saturated heterocycles. The molecule has 1 aliphatic heterocycles. The van der Waals surface area contributed by atoms with Crippen LogP contribution in [-0.4, -0.2) is 58.5 Å². The van der Waals surface area contributed by atoms with Crippen molar-refractivity contribution in [2.45, 2.75) is 0 Å². The number of hydrogen-bond acceptors (Lipinski definition) is 7. The Hall–Kier alpha value is -4.05. The lowest BCUT2D eigenvalue weighted by molar-refractivity contribution is -0.133. The molecule has 1 aliphatic rings. The molecule has 5 rings (SSSR count). The van der Waals surface area contributed by atoms with E-state index >= 15 is 0 Å². The third-order valence-electron chi connectivity index (χ3n) is 5.87. The average molecular weight is 511 g/mol. The Balaban J connectivity index is 1.33. The Kier molecular flexibility index (Phi) is 6.51. The SMILES string of the molecule is Nc1nc(N2CCN(C(=O)COc3ccc(Cl)cc3)CC2)c2nc(-c3c(F)cccc3F)ccc2n1. The topological polar surface area (TPSA) is 97.5 Å². The van der Waals surface area contributed by atoms with Crippen LogP contribution in [0.1, 0.15) is 0 Å². The quantitative estimate of drug-likeness (QED) is 0.434. The molecule has 2 aromatic heterocycles. The minimum Gasteiger partial charge on any atom is -0.484 e. The summed E-state index contributed by atoms with van der Waals surface area (Å²) in [5.41, 5.74) is 6.65. The van der Waals surface area contributed by atoms with Crippen molar-refractivity contribution in [2.24, 2.45) is 0 Å². The van der Waals surface area contributed by atoms with E-state index in [0.29, 0.717) is 53.8 Å². The number of anilines is 2. The average Bonchev–Trinajstić information content (AvgIpc) is 2.88. The number of fused-ring (bicyclic) bond motifs is 1. The highest BCUT2D eigenvalue weighted by Gasteiger charge is 2.25. The summed E-state index contributed by atoms with van der Waals surface area (Å²) in [7, 11) is 0. The van der Waals surface area contributed by atoms with Crippen LogP contribution in [0.2, 0.25) is 5.02 Å². The normalized spacial score (nSPS) is 13.8. The molecule has 0 radical (unpaired) electrons. The molecule has 0 aliphatic carbocycles. The molecule has 0 bridgehead atoms. The molecule has 184 valence electrons. The van der Waals surface area contributed by atoms with Gasteiger partial charge in [0, 0.05) is 31.2 Å². The van der Waals surface area contributed by atoms with Gasteiger partial charge < -0.3 is 20.3 Å². The number of aromatic nitrogens is 3. The Morgan fingerprint density at radius 1 is 0.944 bits per heavy atom. The maximum Gasteiger partial charge on any atom is 0.260 e. The van der Waals surface area contributed by atoms with Gasteiger partial charge in [-0.1, -0.05) is 17.7 Å². The van der Waals surface area contributed by atoms with Crippen LogP contribution in [0.4, 0.5) is 20.5 Å². The maximum absolute atomic E-state index is 14.4. The summed E-state index contributed by atoms with van der Waals surface area (Å²) < 4.78 is 34.3. The number of nitrogens with two attached hydrogens (primary N) is 1. The van der Waals surface area contributed by atoms with E-state index < -0.39 is 11.6 Å². The van der Waals surface area contributed by atoms with E-state index in [1.165, 1.54) is 24.3 Å². The van der Waals surface area contributed by atoms with Crippen molar-refractivity contribution >= 4 is 40.3 Å². The fourth-order valence-corrected chi connectivity index (χ4v) is 4.18. The van der Waals surface area contributed by atoms with E-state index in [1.54, 1.807) is 35.2 Å². The lowest BCUT2D eigenvalue weighted by Crippen LogP contribution is -2.50. The molecule has 4 aromatic rings. The van der Waals surface area contributed by atoms with Crippen molar-refractivity contribution < 1.29 is 18.3 Å². The van der Waals surface area contributed by atoms with E-state index in [9.17, 15) is 13.6 Å². The van der Waals surface area contributed by atoms with Gasteiger partial charge in [-0.15, -0.1) is 0 Å². The Morgan fingerprint density at radius 2 is 1.64 bits per heavy atom. The Bertz CT molecular complexity index is 1410. The number of pyridine rings is 1. The molecule has 2 aromatic carbocycles. The van der Waals surface area contributed by atoms with E-state index in [-0.39, 0.29) is 29.7 Å². The van der Waals surface area contributed by atoms with Crippen LogP contribution < -0.4 is 15.4 Å². The maximum atomic E-state index is 14.4. The van der Waals surface area contributed by atoms with Crippen LogP contribution in [0.25, 0.3) is 22.3 Å². The number of rotatable bonds is 5. The molecule has 8 nitrogen and oxygen atoms in total. The summed E-state index contributed by atoms with van der Waals surface area (Å²) in [6.07, 6.45) is 0. The summed E-state index contributed by atoms with van der Waals surface area (Å²) in [5.74, 6) is -0.519. The first-order valence-electron chi connectivity index (χ1n) is 11.2. The van der Waals surface area contributed by atoms with Crippen molar-refractivity contribution in [1.82, 2.24) is 19.9 Å². The zero-order valence-electron chi connectivity index (χ0n) is 19.0. The fourth-order valence-electron chi connectivity index (χ4n) is 4.05. The van der Waals surface area contributed by atoms with Gasteiger partial charge in [-0.3, -0.25) is 4.79 Å². The minimum atomic E-state index is -0.715. The predicted octanol–water partition coefficient (Wildman–Crippen LogP) is 3.93. The molecule has 2 N–H and O–H groups in total. The zero-order chi connectivity index (χ0) is 25.2. The molecule has 36 heavy (non-hydrogen) atoms. The highest BCUT2D eigenvalue weighted by atomic mass is 35.5. The second-order valence-electron chi connectivity index (χ2n) is 8.18. The second kappa shape index (κ2) is 9.90. The number of nitrogen functional groups attached to an aromatic ring is 1. The molecule has 0 unspecified atom stereocenters. The van der Waals surface area contributed by atoms with Crippen LogP contribution in [-0.2, 0) is 4.79 Å². The number of ether oxygens (including phenoxy) is 1. The second-order valence-corrected chi connectivity index (χ2v) is 8.61. The third kappa shape index (κ3) is 4.85. The Morgan fingerprint density at radius 3 is 2.33 bits per heavy atom. The molecule has 0 atom stereocenters. The van der Waals surface area contributed by atoms with Crippen molar-refractivity contribution in [3.63, 3.8) is 0 Å². The smallest absolute Gasteiger partial charge is 0.260 e. The number of carbonyl (C=O) groups excluding carboxylic acids is 1. The van der Waals surface area contributed by atoms with Crippen molar-refractivity contribution in [3.05, 3.63) is 71.3 Å². The number of nitrogens with zero attached hydrogens (tertiary/aromatic N) is 5. The monoisotopic (exact) mass is 510 g/mol. The van der Waals surface area contributed by atoms with Gasteiger partial charge >= 0.3 is 0 Å². The van der Waals surface area contributed by atoms with Crippen LogP contribution in [0, 0.1) is 11.6 Å². The van der Waals surface area contributed by atoms with Gasteiger partial charge in [0.15, 0.2) is 12.4 Å². The van der Waals surface area contributed by atoms with Crippen LogP contribution in [0.3, 0.4) is 0 Å². The van der Waals surface area contributed by atoms with Crippen LogP contribution >= 0.6 is 11.6 Å². The van der Waals surface area contributed by atoms with E-state index in [4.69, 9.17) is 22.1 Å². The van der Waals surface area contributed by atoms with Gasteiger partial charge in [0.1, 0.15) is 22.9 Å². The largest absolute Gasteiger partial charge is 0.484 e. The predicted molar refractivity (Wildman–Crippen MR) is 133 cm³/mol. The summed E-state index contributed by atoms with van der Waals surface area (Å²) in [4.78, 5) is 29.3. The van der Waals surface area contributed by atoms with Gasteiger partial charge in [-0.05, 0) is 48.5 Å². The molecular formula is C25H21ClF2N6O2. The first-order chi connectivity index (χ1) is 17.4. The standard InChI is InChI=1S/C25H21ClF2N6O2/c26-15-4-6-16(7-5-15)36-14-21(35)33-10-12-34(13-11-33)24-23-20(31-25(29)32-24)9-8-19(30-23)22-17(27)2-1-3-18(22)28/h1-9H,10-14H2,(H2,29,31,32). The fraction of sp³-hybridized carbons (Fsp3) is 0.200. The number of piperazine rings is 1. The van der Waals surface area contributed by atoms with Crippen LogP contribution in [0.15, 0.2) is 54.6 Å². The summed E-state index contributed by atoms with van der Waals surface area (Å²) in [5, 5.41) is 0.586. The van der Waals surface area contributed by atoms with E-state index in [0.717, 1.165) is 0 Å². The van der Waals surface area contributed by atoms with E-state index in [1.807, 2.05) is 4.90 Å². The van der Waals surface area contributed by atoms with E-state index in [2.05, 4.69) is 15.0 Å². The number of hydrogen-bond donors (Lipinski definition) is 1. The molecule has 1 amide bonds. The van der Waals surface area contributed by atoms with Gasteiger partial charge in [0.25, 0.3) is 5.91 Å². The first kappa shape index (κ1) is 23.7. The minimum absolute atomic E-state index is 0.0546. The molecule has 0 spiro atoms. The van der Waals surface area contributed by atoms with Gasteiger partial charge in [-0.25, -0.2) is 18.7 Å². The highest BCUT2D eigenvalue weighted by Crippen LogP contribution is 2.30. The molecule has 0 saturated carbocycles. The Labute approximate surface area is 210 Å². The van der Waals surface area contributed by atoms with Gasteiger partial charge in [-0.2, -0.15) is 4.98 Å². The highest BCUT2D eigenvalue weighted by molar-refractivity contribution is 6.30. The van der Waals surface area contributed by atoms with Gasteiger partial charge in [0.05, 0.1) is 16.8 Å². The number of benzene rings is 2. The van der Waals surface area contributed by atoms with Crippen molar-refractivity contribution in [3.8, 4) is 17.0 Å². The number of carbonyl (C=O) groups is 1. The number of halogens is 3. The summed E-state index contributed by atoms with van der Waals surface area (Å²) in [6, 6.07) is 13.5. The summed E-state index contributed by atoms with van der Waals surface area (Å²) >= 11 is 5.87. The molecular weight excluding hydrogens is 490 g/mol. The summed E-state index contributed by atoms with van der Waals surface area (Å²) in [6.45, 7) is 1.67. The van der Waals surface area contributed by atoms with Crippen LogP contribution in [0.5, 0.6) is 5.75 Å². The number of amides is 1. The van der Waals surface area contributed by atoms with Gasteiger partial charge in [0.2, 0.25) is 5.95 Å². The third-order valence-corrected chi connectivity index (χ3v) is 6.12. The zero-order valence-corrected chi connectivity index (χ0v) is 19.8. The lowest BCUT2D eigenvalue weighted by Gasteiger charge is -2.35.